The van der Waals surface area contributed by atoms with E-state index in [2.05, 4.69) is 19.9 Å². The molecule has 6 heteroatoms. The van der Waals surface area contributed by atoms with Gasteiger partial charge in [-0.3, -0.25) is 0 Å². The fraction of sp³-hybridized carbons (Fsp3) is 0.200. The number of rotatable bonds is 3. The molecular weight excluding hydrogens is 208 g/mol. The third-order valence-corrected chi connectivity index (χ3v) is 1.91. The van der Waals surface area contributed by atoms with Gasteiger partial charge in [-0.15, -0.1) is 0 Å². The molecule has 2 aromatic heterocycles. The molecule has 0 aliphatic rings. The molecule has 16 heavy (non-hydrogen) atoms. The quantitative estimate of drug-likeness (QED) is 0.763. The van der Waals surface area contributed by atoms with Crippen LogP contribution in [0.2, 0.25) is 0 Å². The number of methoxy groups -OCH3 is 2. The van der Waals surface area contributed by atoms with Crippen molar-refractivity contribution in [2.45, 2.75) is 0 Å². The van der Waals surface area contributed by atoms with Crippen LogP contribution >= 0.6 is 0 Å². The molecule has 0 aromatic carbocycles. The topological polar surface area (TPSA) is 70.0 Å². The zero-order chi connectivity index (χ0) is 11.4. The van der Waals surface area contributed by atoms with Crippen LogP contribution in [0.4, 0.5) is 0 Å². The molecule has 6 nitrogen and oxygen atoms in total. The highest BCUT2D eigenvalue weighted by molar-refractivity contribution is 5.60. The van der Waals surface area contributed by atoms with Crippen molar-refractivity contribution in [3.63, 3.8) is 0 Å². The third kappa shape index (κ3) is 1.90. The van der Waals surface area contributed by atoms with Crippen LogP contribution in [0, 0.1) is 0 Å². The molecule has 0 bridgehead atoms. The van der Waals surface area contributed by atoms with Crippen molar-refractivity contribution in [3.8, 4) is 23.3 Å². The van der Waals surface area contributed by atoms with Gasteiger partial charge < -0.3 is 9.47 Å². The van der Waals surface area contributed by atoms with Crippen molar-refractivity contribution in [3.05, 3.63) is 24.7 Å². The van der Waals surface area contributed by atoms with Crippen molar-refractivity contribution in [1.29, 1.82) is 0 Å². The van der Waals surface area contributed by atoms with E-state index in [9.17, 15) is 0 Å². The molecule has 0 spiro atoms. The molecule has 82 valence electrons. The summed E-state index contributed by atoms with van der Waals surface area (Å²) in [5, 5.41) is 0. The Morgan fingerprint density at radius 3 is 2.38 bits per heavy atom. The summed E-state index contributed by atoms with van der Waals surface area (Å²) in [6, 6.07) is 1.98. The number of hydrogen-bond donors (Lipinski definition) is 0. The lowest BCUT2D eigenvalue weighted by atomic mass is 10.3. The summed E-state index contributed by atoms with van der Waals surface area (Å²) < 4.78 is 10.0. The first-order valence-corrected chi connectivity index (χ1v) is 4.57. The van der Waals surface area contributed by atoms with E-state index in [4.69, 9.17) is 9.47 Å². The Balaban J connectivity index is 2.49. The maximum Gasteiger partial charge on any atom is 0.319 e. The van der Waals surface area contributed by atoms with Crippen molar-refractivity contribution in [1.82, 2.24) is 19.9 Å². The zero-order valence-electron chi connectivity index (χ0n) is 8.91. The van der Waals surface area contributed by atoms with Gasteiger partial charge in [0.25, 0.3) is 0 Å². The van der Waals surface area contributed by atoms with Gasteiger partial charge in [0.1, 0.15) is 0 Å². The van der Waals surface area contributed by atoms with Gasteiger partial charge in [-0.25, -0.2) is 15.0 Å². The molecule has 0 saturated carbocycles. The van der Waals surface area contributed by atoms with Gasteiger partial charge in [-0.1, -0.05) is 0 Å². The minimum Gasteiger partial charge on any atom is -0.480 e. The van der Waals surface area contributed by atoms with Gasteiger partial charge in [-0.2, -0.15) is 4.98 Å². The van der Waals surface area contributed by atoms with Gasteiger partial charge in [0.15, 0.2) is 5.82 Å². The van der Waals surface area contributed by atoms with E-state index in [1.165, 1.54) is 14.2 Å². The molecule has 0 saturated heterocycles. The second-order valence-electron chi connectivity index (χ2n) is 2.85. The predicted molar refractivity (Wildman–Crippen MR) is 56.2 cm³/mol. The van der Waals surface area contributed by atoms with E-state index in [1.54, 1.807) is 24.7 Å². The molecule has 0 aliphatic heterocycles. The molecular formula is C10H10N4O2. The highest BCUT2D eigenvalue weighted by Crippen LogP contribution is 2.25. The van der Waals surface area contributed by atoms with Gasteiger partial charge in [-0.05, 0) is 6.07 Å². The van der Waals surface area contributed by atoms with E-state index < -0.39 is 0 Å². The van der Waals surface area contributed by atoms with E-state index in [0.29, 0.717) is 17.3 Å². The summed E-state index contributed by atoms with van der Waals surface area (Å²) in [4.78, 5) is 16.2. The zero-order valence-corrected chi connectivity index (χ0v) is 8.91. The van der Waals surface area contributed by atoms with Crippen LogP contribution in [0.1, 0.15) is 0 Å². The lowest BCUT2D eigenvalue weighted by Crippen LogP contribution is -1.99. The molecule has 0 unspecified atom stereocenters. The first kappa shape index (κ1) is 10.3. The molecule has 0 atom stereocenters. The summed E-state index contributed by atoms with van der Waals surface area (Å²) in [5.41, 5.74) is 0.629. The van der Waals surface area contributed by atoms with E-state index in [-0.39, 0.29) is 6.01 Å². The summed E-state index contributed by atoms with van der Waals surface area (Å²) in [5.74, 6) is 0.903. The molecule has 2 heterocycles. The Morgan fingerprint density at radius 1 is 1.00 bits per heavy atom. The molecule has 0 amide bonds. The van der Waals surface area contributed by atoms with Gasteiger partial charge >= 0.3 is 6.01 Å². The van der Waals surface area contributed by atoms with Crippen LogP contribution in [-0.2, 0) is 0 Å². The minimum atomic E-state index is 0.247. The van der Waals surface area contributed by atoms with Crippen LogP contribution in [0.25, 0.3) is 11.4 Å². The first-order chi connectivity index (χ1) is 7.85. The van der Waals surface area contributed by atoms with Crippen molar-refractivity contribution in [2.75, 3.05) is 14.2 Å². The lowest BCUT2D eigenvalue weighted by Gasteiger charge is -2.06. The fourth-order valence-corrected chi connectivity index (χ4v) is 1.20. The summed E-state index contributed by atoms with van der Waals surface area (Å²) in [7, 11) is 3.02. The second kappa shape index (κ2) is 4.52. The molecule has 0 radical (unpaired) electrons. The van der Waals surface area contributed by atoms with Crippen LogP contribution in [0.15, 0.2) is 24.7 Å². The average molecular weight is 218 g/mol. The van der Waals surface area contributed by atoms with Crippen LogP contribution in [-0.4, -0.2) is 34.2 Å². The Labute approximate surface area is 92.3 Å². The monoisotopic (exact) mass is 218 g/mol. The predicted octanol–water partition coefficient (Wildman–Crippen LogP) is 0.951. The molecule has 0 aliphatic carbocycles. The Kier molecular flexibility index (Phi) is 2.90. The molecule has 2 aromatic rings. The minimum absolute atomic E-state index is 0.247. The number of aromatic nitrogens is 4. The molecule has 0 N–H and O–H groups in total. The van der Waals surface area contributed by atoms with Gasteiger partial charge in [0, 0.05) is 18.6 Å². The molecule has 0 fully saturated rings. The fourth-order valence-electron chi connectivity index (χ4n) is 1.20. The van der Waals surface area contributed by atoms with Gasteiger partial charge in [0.05, 0.1) is 19.8 Å². The van der Waals surface area contributed by atoms with E-state index in [1.807, 2.05) is 0 Å². The maximum atomic E-state index is 5.13. The highest BCUT2D eigenvalue weighted by Gasteiger charge is 2.11. The van der Waals surface area contributed by atoms with Gasteiger partial charge in [0.2, 0.25) is 5.88 Å². The van der Waals surface area contributed by atoms with Crippen LogP contribution in [0.3, 0.4) is 0 Å². The normalized spacial score (nSPS) is 9.88. The van der Waals surface area contributed by atoms with E-state index >= 15 is 0 Å². The Morgan fingerprint density at radius 2 is 1.75 bits per heavy atom. The first-order valence-electron chi connectivity index (χ1n) is 4.57. The maximum absolute atomic E-state index is 5.13. The Hall–Kier alpha value is -2.24. The summed E-state index contributed by atoms with van der Waals surface area (Å²) in [6.07, 6.45) is 4.86. The van der Waals surface area contributed by atoms with Crippen LogP contribution < -0.4 is 9.47 Å². The van der Waals surface area contributed by atoms with Crippen molar-refractivity contribution >= 4 is 0 Å². The van der Waals surface area contributed by atoms with Crippen LogP contribution in [0.5, 0.6) is 11.9 Å². The number of ether oxygens (including phenoxy) is 2. The molecule has 2 rings (SSSR count). The standard InChI is InChI=1S/C10H10N4O2/c1-15-9-7(6-13-10(14-9)16-2)8-11-4-3-5-12-8/h3-6H,1-2H3. The van der Waals surface area contributed by atoms with E-state index in [0.717, 1.165) is 0 Å². The third-order valence-electron chi connectivity index (χ3n) is 1.91. The Bertz CT molecular complexity index is 476. The second-order valence-corrected chi connectivity index (χ2v) is 2.85. The number of nitrogens with zero attached hydrogens (tertiary/aromatic N) is 4. The summed E-state index contributed by atoms with van der Waals surface area (Å²) >= 11 is 0. The summed E-state index contributed by atoms with van der Waals surface area (Å²) in [6.45, 7) is 0. The average Bonchev–Trinajstić information content (AvgIpc) is 2.39. The highest BCUT2D eigenvalue weighted by atomic mass is 16.5. The number of hydrogen-bond acceptors (Lipinski definition) is 6. The SMILES string of the molecule is COc1ncc(-c2ncccn2)c(OC)n1. The van der Waals surface area contributed by atoms with Crippen molar-refractivity contribution < 1.29 is 9.47 Å². The largest absolute Gasteiger partial charge is 0.480 e. The van der Waals surface area contributed by atoms with Crippen molar-refractivity contribution in [2.24, 2.45) is 0 Å². The smallest absolute Gasteiger partial charge is 0.319 e. The lowest BCUT2D eigenvalue weighted by molar-refractivity contribution is 0.353.